The van der Waals surface area contributed by atoms with E-state index in [1.807, 2.05) is 0 Å². The molecule has 3 aliphatic heterocycles. The highest BCUT2D eigenvalue weighted by molar-refractivity contribution is 7.99. The molecule has 44 heavy (non-hydrogen) atoms. The zero-order valence-corrected chi connectivity index (χ0v) is 26.8. The van der Waals surface area contributed by atoms with E-state index in [0.717, 1.165) is 39.5 Å². The minimum absolute atomic E-state index is 0.277. The summed E-state index contributed by atoms with van der Waals surface area (Å²) in [5, 5.41) is 0. The number of nitrogens with zero attached hydrogens (tertiary/aromatic N) is 4. The molecule has 0 radical (unpaired) electrons. The molecule has 228 valence electrons. The van der Waals surface area contributed by atoms with Crippen LogP contribution in [0.2, 0.25) is 0 Å². The molecule has 0 bridgehead atoms. The molecule has 2 spiro atoms. The average molecular weight is 603 g/mol. The first-order valence-corrected chi connectivity index (χ1v) is 17.4. The van der Waals surface area contributed by atoms with Crippen molar-refractivity contribution in [3.05, 3.63) is 144 Å². The Kier molecular flexibility index (Phi) is 9.20. The van der Waals surface area contributed by atoms with Crippen LogP contribution in [-0.4, -0.2) is 70.6 Å². The van der Waals surface area contributed by atoms with Gasteiger partial charge in [0, 0.05) is 74.7 Å². The Morgan fingerprint density at radius 1 is 0.409 bits per heavy atom. The maximum absolute atomic E-state index is 2.74. The van der Waals surface area contributed by atoms with Gasteiger partial charge in [-0.1, -0.05) is 121 Å². The lowest BCUT2D eigenvalue weighted by atomic mass is 9.69. The zero-order valence-electron chi connectivity index (χ0n) is 25.9. The molecule has 7 rings (SSSR count). The van der Waals surface area contributed by atoms with Gasteiger partial charge in [0.15, 0.2) is 0 Å². The molecule has 4 nitrogen and oxygen atoms in total. The van der Waals surface area contributed by atoms with E-state index in [0.29, 0.717) is 0 Å². The Labute approximate surface area is 268 Å². The van der Waals surface area contributed by atoms with Gasteiger partial charge in [0.1, 0.15) is 0 Å². The summed E-state index contributed by atoms with van der Waals surface area (Å²) in [6, 6.07) is 44.4. The Morgan fingerprint density at radius 2 is 0.682 bits per heavy atom. The van der Waals surface area contributed by atoms with Gasteiger partial charge in [0.25, 0.3) is 0 Å². The maximum atomic E-state index is 2.74. The van der Waals surface area contributed by atoms with E-state index >= 15 is 0 Å². The van der Waals surface area contributed by atoms with Crippen molar-refractivity contribution in [2.75, 3.05) is 51.0 Å². The fourth-order valence-electron chi connectivity index (χ4n) is 8.34. The summed E-state index contributed by atoms with van der Waals surface area (Å²) in [6.07, 6.45) is 1.29. The van der Waals surface area contributed by atoms with Crippen LogP contribution in [0.25, 0.3) is 0 Å². The minimum atomic E-state index is 0.277. The van der Waals surface area contributed by atoms with Crippen molar-refractivity contribution in [3.8, 4) is 0 Å². The van der Waals surface area contributed by atoms with E-state index in [9.17, 15) is 0 Å². The summed E-state index contributed by atoms with van der Waals surface area (Å²) < 4.78 is 0. The van der Waals surface area contributed by atoms with Gasteiger partial charge in [-0.15, -0.1) is 0 Å². The summed E-state index contributed by atoms with van der Waals surface area (Å²) in [7, 11) is 0. The van der Waals surface area contributed by atoms with E-state index in [1.165, 1.54) is 66.4 Å². The molecule has 3 saturated heterocycles. The number of rotatable bonds is 8. The summed E-state index contributed by atoms with van der Waals surface area (Å²) >= 11 is 2.23. The molecular weight excluding hydrogens is 557 g/mol. The Morgan fingerprint density at radius 3 is 0.955 bits per heavy atom. The molecule has 3 fully saturated rings. The molecule has 0 N–H and O–H groups in total. The fourth-order valence-corrected chi connectivity index (χ4v) is 9.88. The third-order valence-electron chi connectivity index (χ3n) is 9.60. The van der Waals surface area contributed by atoms with E-state index in [1.54, 1.807) is 0 Å². The predicted octanol–water partition coefficient (Wildman–Crippen LogP) is 7.05. The van der Waals surface area contributed by atoms with Crippen LogP contribution in [0.15, 0.2) is 121 Å². The molecule has 0 saturated carbocycles. The van der Waals surface area contributed by atoms with E-state index < -0.39 is 0 Å². The first kappa shape index (κ1) is 29.8. The van der Waals surface area contributed by atoms with Crippen LogP contribution in [0.3, 0.4) is 0 Å². The van der Waals surface area contributed by atoms with Gasteiger partial charge < -0.3 is 0 Å². The maximum Gasteiger partial charge on any atom is 0.0513 e. The Bertz CT molecular complexity index is 1240. The van der Waals surface area contributed by atoms with Crippen LogP contribution in [0, 0.1) is 10.8 Å². The van der Waals surface area contributed by atoms with Crippen molar-refractivity contribution in [1.29, 1.82) is 0 Å². The number of hydrogen-bond donors (Lipinski definition) is 0. The molecule has 5 heteroatoms. The molecule has 0 aromatic heterocycles. The second kappa shape index (κ2) is 13.6. The zero-order chi connectivity index (χ0) is 29.7. The van der Waals surface area contributed by atoms with Gasteiger partial charge in [-0.2, -0.15) is 11.8 Å². The second-order valence-corrected chi connectivity index (χ2v) is 14.8. The van der Waals surface area contributed by atoms with Crippen molar-refractivity contribution in [3.63, 3.8) is 0 Å². The largest absolute Gasteiger partial charge is 0.286 e. The van der Waals surface area contributed by atoms with Crippen LogP contribution in [0.5, 0.6) is 0 Å². The highest BCUT2D eigenvalue weighted by Gasteiger charge is 2.51. The standard InChI is InChI=1S/C39H46N4S/c1-5-13-34(14-6-1)21-40-26-38(27-41(32-40)22-35-15-7-2-8-16-35)25-39(31-44-30-38)28-42(23-36-17-9-3-10-18-36)33-43(29-39)24-37-19-11-4-12-20-37/h1-20H,21-33H2. The van der Waals surface area contributed by atoms with Crippen LogP contribution >= 0.6 is 11.8 Å². The fraction of sp³-hybridized carbons (Fsp3) is 0.385. The lowest BCUT2D eigenvalue weighted by Gasteiger charge is -2.58. The van der Waals surface area contributed by atoms with E-state index in [2.05, 4.69) is 153 Å². The summed E-state index contributed by atoms with van der Waals surface area (Å²) in [5.74, 6) is 2.51. The molecule has 4 aromatic carbocycles. The normalized spacial score (nSPS) is 21.1. The van der Waals surface area contributed by atoms with Crippen molar-refractivity contribution < 1.29 is 0 Å². The molecule has 3 aliphatic rings. The quantitative estimate of drug-likeness (QED) is 0.214. The summed E-state index contributed by atoms with van der Waals surface area (Å²) in [4.78, 5) is 11.0. The van der Waals surface area contributed by atoms with E-state index in [-0.39, 0.29) is 10.8 Å². The second-order valence-electron chi connectivity index (χ2n) is 13.8. The first-order chi connectivity index (χ1) is 21.6. The van der Waals surface area contributed by atoms with Gasteiger partial charge in [-0.3, -0.25) is 19.6 Å². The molecule has 0 aliphatic carbocycles. The third-order valence-corrected chi connectivity index (χ3v) is 11.2. The number of thioether (sulfide) groups is 1. The van der Waals surface area contributed by atoms with E-state index in [4.69, 9.17) is 0 Å². The van der Waals surface area contributed by atoms with Crippen molar-refractivity contribution in [2.24, 2.45) is 10.8 Å². The third kappa shape index (κ3) is 7.47. The van der Waals surface area contributed by atoms with Crippen LogP contribution in [0.4, 0.5) is 0 Å². The highest BCUT2D eigenvalue weighted by Crippen LogP contribution is 2.49. The van der Waals surface area contributed by atoms with Crippen LogP contribution < -0.4 is 0 Å². The first-order valence-electron chi connectivity index (χ1n) is 16.3. The minimum Gasteiger partial charge on any atom is -0.286 e. The Hall–Kier alpha value is -2.93. The van der Waals surface area contributed by atoms with Crippen molar-refractivity contribution >= 4 is 11.8 Å². The monoisotopic (exact) mass is 602 g/mol. The number of benzene rings is 4. The molecule has 0 amide bonds. The highest BCUT2D eigenvalue weighted by atomic mass is 32.2. The molecule has 0 unspecified atom stereocenters. The smallest absolute Gasteiger partial charge is 0.0513 e. The van der Waals surface area contributed by atoms with Crippen molar-refractivity contribution in [1.82, 2.24) is 19.6 Å². The molecule has 4 aromatic rings. The van der Waals surface area contributed by atoms with Gasteiger partial charge in [0.2, 0.25) is 0 Å². The molecule has 3 heterocycles. The average Bonchev–Trinajstić information content (AvgIpc) is 3.02. The predicted molar refractivity (Wildman–Crippen MR) is 184 cm³/mol. The van der Waals surface area contributed by atoms with Gasteiger partial charge in [-0.25, -0.2) is 0 Å². The van der Waals surface area contributed by atoms with Crippen LogP contribution in [0.1, 0.15) is 28.7 Å². The Balaban J connectivity index is 1.16. The SMILES string of the molecule is c1ccc(CN2CN(Cc3ccccc3)CC3(CSCC4(CN(Cc5ccccc5)CN(Cc5ccccc5)C4)C3)C2)cc1. The van der Waals surface area contributed by atoms with Gasteiger partial charge in [0.05, 0.1) is 13.3 Å². The van der Waals surface area contributed by atoms with Gasteiger partial charge >= 0.3 is 0 Å². The molecular formula is C39H46N4S. The topological polar surface area (TPSA) is 13.0 Å². The van der Waals surface area contributed by atoms with Crippen LogP contribution in [-0.2, 0) is 26.2 Å². The summed E-state index contributed by atoms with van der Waals surface area (Å²) in [6.45, 7) is 10.9. The van der Waals surface area contributed by atoms with Crippen molar-refractivity contribution in [2.45, 2.75) is 32.6 Å². The lowest BCUT2D eigenvalue weighted by molar-refractivity contribution is -0.0685. The number of hydrogen-bond acceptors (Lipinski definition) is 5. The summed E-state index contributed by atoms with van der Waals surface area (Å²) in [5.41, 5.74) is 6.23. The lowest BCUT2D eigenvalue weighted by Crippen LogP contribution is -2.63. The van der Waals surface area contributed by atoms with Gasteiger partial charge in [-0.05, 0) is 28.7 Å². The molecule has 0 atom stereocenters.